The molecule has 0 aliphatic heterocycles. The minimum absolute atomic E-state index is 0.434. The molecule has 2 N–H and O–H groups in total. The van der Waals surface area contributed by atoms with E-state index < -0.39 is 0 Å². The van der Waals surface area contributed by atoms with Gasteiger partial charge < -0.3 is 10.5 Å². The standard InChI is InChI=1S/C12H14N4O/c1-3-17-11-5-4-9(16-8(11)2)10-6-12(13)15-7-14-10/h4-7H,3H2,1-2H3,(H2,13,14,15). The molecule has 0 aromatic carbocycles. The first-order valence-corrected chi connectivity index (χ1v) is 5.39. The molecule has 0 aliphatic rings. The Hall–Kier alpha value is -2.17. The number of ether oxygens (including phenoxy) is 1. The first-order valence-electron chi connectivity index (χ1n) is 5.39. The minimum Gasteiger partial charge on any atom is -0.492 e. The highest BCUT2D eigenvalue weighted by Gasteiger charge is 2.06. The summed E-state index contributed by atoms with van der Waals surface area (Å²) < 4.78 is 5.43. The number of aryl methyl sites for hydroxylation is 1. The van der Waals surface area contributed by atoms with Gasteiger partial charge in [0, 0.05) is 6.07 Å². The van der Waals surface area contributed by atoms with Crippen LogP contribution in [0.1, 0.15) is 12.6 Å². The van der Waals surface area contributed by atoms with Gasteiger partial charge in [-0.25, -0.2) is 15.0 Å². The van der Waals surface area contributed by atoms with Crippen molar-refractivity contribution in [3.63, 3.8) is 0 Å². The Morgan fingerprint density at radius 2 is 2.06 bits per heavy atom. The summed E-state index contributed by atoms with van der Waals surface area (Å²) in [6, 6.07) is 5.45. The van der Waals surface area contributed by atoms with Crippen LogP contribution in [0.15, 0.2) is 24.5 Å². The number of nitrogens with zero attached hydrogens (tertiary/aromatic N) is 3. The van der Waals surface area contributed by atoms with E-state index >= 15 is 0 Å². The van der Waals surface area contributed by atoms with E-state index in [2.05, 4.69) is 15.0 Å². The summed E-state index contributed by atoms with van der Waals surface area (Å²) >= 11 is 0. The van der Waals surface area contributed by atoms with Gasteiger partial charge in [0.25, 0.3) is 0 Å². The first-order chi connectivity index (χ1) is 8.20. The van der Waals surface area contributed by atoms with Crippen LogP contribution in [0.25, 0.3) is 11.4 Å². The summed E-state index contributed by atoms with van der Waals surface area (Å²) in [4.78, 5) is 12.4. The smallest absolute Gasteiger partial charge is 0.140 e. The molecule has 0 bridgehead atoms. The molecule has 2 aromatic rings. The lowest BCUT2D eigenvalue weighted by Gasteiger charge is -2.07. The highest BCUT2D eigenvalue weighted by atomic mass is 16.5. The second-order valence-corrected chi connectivity index (χ2v) is 3.54. The molecule has 0 spiro atoms. The lowest BCUT2D eigenvalue weighted by Crippen LogP contribution is -1.98. The molecular weight excluding hydrogens is 216 g/mol. The molecule has 0 radical (unpaired) electrons. The molecule has 2 aromatic heterocycles. The molecule has 0 saturated carbocycles. The zero-order chi connectivity index (χ0) is 12.3. The molecule has 88 valence electrons. The SMILES string of the molecule is CCOc1ccc(-c2cc(N)ncn2)nc1C. The van der Waals surface area contributed by atoms with Crippen molar-refractivity contribution in [2.45, 2.75) is 13.8 Å². The van der Waals surface area contributed by atoms with E-state index in [9.17, 15) is 0 Å². The summed E-state index contributed by atoms with van der Waals surface area (Å²) in [6.45, 7) is 4.47. The van der Waals surface area contributed by atoms with Crippen molar-refractivity contribution < 1.29 is 4.74 Å². The zero-order valence-electron chi connectivity index (χ0n) is 9.84. The Balaban J connectivity index is 2.37. The summed E-state index contributed by atoms with van der Waals surface area (Å²) in [5, 5.41) is 0. The van der Waals surface area contributed by atoms with Gasteiger partial charge in [-0.1, -0.05) is 0 Å². The van der Waals surface area contributed by atoms with Gasteiger partial charge in [0.1, 0.15) is 17.9 Å². The zero-order valence-corrected chi connectivity index (χ0v) is 9.84. The van der Waals surface area contributed by atoms with E-state index in [1.807, 2.05) is 26.0 Å². The summed E-state index contributed by atoms with van der Waals surface area (Å²) in [5.74, 6) is 1.22. The average Bonchev–Trinajstić information content (AvgIpc) is 2.32. The van der Waals surface area contributed by atoms with Gasteiger partial charge in [-0.2, -0.15) is 0 Å². The number of pyridine rings is 1. The molecule has 17 heavy (non-hydrogen) atoms. The molecule has 0 amide bonds. The van der Waals surface area contributed by atoms with Crippen molar-refractivity contribution in [2.75, 3.05) is 12.3 Å². The molecule has 0 unspecified atom stereocenters. The third-order valence-corrected chi connectivity index (χ3v) is 2.29. The van der Waals surface area contributed by atoms with Gasteiger partial charge in [0.05, 0.1) is 23.7 Å². The summed E-state index contributed by atoms with van der Waals surface area (Å²) in [7, 11) is 0. The number of rotatable bonds is 3. The Morgan fingerprint density at radius 3 is 2.71 bits per heavy atom. The normalized spacial score (nSPS) is 10.2. The van der Waals surface area contributed by atoms with Gasteiger partial charge in [-0.15, -0.1) is 0 Å². The van der Waals surface area contributed by atoms with Gasteiger partial charge in [-0.05, 0) is 26.0 Å². The number of anilines is 1. The largest absolute Gasteiger partial charge is 0.492 e. The molecule has 2 heterocycles. The molecule has 5 heteroatoms. The van der Waals surface area contributed by atoms with Crippen LogP contribution in [0, 0.1) is 6.92 Å². The van der Waals surface area contributed by atoms with Crippen LogP contribution in [0.3, 0.4) is 0 Å². The predicted octanol–water partition coefficient (Wildman–Crippen LogP) is 1.83. The summed E-state index contributed by atoms with van der Waals surface area (Å²) in [5.41, 5.74) is 7.92. The number of nitrogen functional groups attached to an aromatic ring is 1. The van der Waals surface area contributed by atoms with Crippen molar-refractivity contribution in [1.29, 1.82) is 0 Å². The highest BCUT2D eigenvalue weighted by molar-refractivity contribution is 5.58. The summed E-state index contributed by atoms with van der Waals surface area (Å²) in [6.07, 6.45) is 1.43. The van der Waals surface area contributed by atoms with Crippen molar-refractivity contribution in [1.82, 2.24) is 15.0 Å². The maximum Gasteiger partial charge on any atom is 0.140 e. The quantitative estimate of drug-likeness (QED) is 0.870. The van der Waals surface area contributed by atoms with Crippen molar-refractivity contribution >= 4 is 5.82 Å². The van der Waals surface area contributed by atoms with Crippen molar-refractivity contribution in [2.24, 2.45) is 0 Å². The number of nitrogens with two attached hydrogens (primary N) is 1. The molecule has 5 nitrogen and oxygen atoms in total. The first kappa shape index (κ1) is 11.3. The van der Waals surface area contributed by atoms with Crippen LogP contribution < -0.4 is 10.5 Å². The van der Waals surface area contributed by atoms with Gasteiger partial charge in [0.2, 0.25) is 0 Å². The lowest BCUT2D eigenvalue weighted by molar-refractivity contribution is 0.336. The van der Waals surface area contributed by atoms with Crippen LogP contribution in [0.2, 0.25) is 0 Å². The fraction of sp³-hybridized carbons (Fsp3) is 0.250. The van der Waals surface area contributed by atoms with E-state index in [1.54, 1.807) is 6.07 Å². The van der Waals surface area contributed by atoms with E-state index in [1.165, 1.54) is 6.33 Å². The van der Waals surface area contributed by atoms with E-state index in [-0.39, 0.29) is 0 Å². The third-order valence-electron chi connectivity index (χ3n) is 2.29. The van der Waals surface area contributed by atoms with Crippen LogP contribution in [-0.4, -0.2) is 21.6 Å². The van der Waals surface area contributed by atoms with Gasteiger partial charge in [-0.3, -0.25) is 0 Å². The average molecular weight is 230 g/mol. The fourth-order valence-corrected chi connectivity index (χ4v) is 1.51. The van der Waals surface area contributed by atoms with E-state index in [0.29, 0.717) is 18.1 Å². The van der Waals surface area contributed by atoms with Gasteiger partial charge >= 0.3 is 0 Å². The van der Waals surface area contributed by atoms with Crippen molar-refractivity contribution in [3.8, 4) is 17.1 Å². The minimum atomic E-state index is 0.434. The molecule has 0 fully saturated rings. The number of aromatic nitrogens is 3. The van der Waals surface area contributed by atoms with Crippen LogP contribution in [-0.2, 0) is 0 Å². The Bertz CT molecular complexity index is 528. The van der Waals surface area contributed by atoms with Crippen LogP contribution in [0.5, 0.6) is 5.75 Å². The second kappa shape index (κ2) is 4.78. The highest BCUT2D eigenvalue weighted by Crippen LogP contribution is 2.21. The predicted molar refractivity (Wildman–Crippen MR) is 65.6 cm³/mol. The molecule has 2 rings (SSSR count). The number of hydrogen-bond acceptors (Lipinski definition) is 5. The number of hydrogen-bond donors (Lipinski definition) is 1. The fourth-order valence-electron chi connectivity index (χ4n) is 1.51. The van der Waals surface area contributed by atoms with Gasteiger partial charge in [0.15, 0.2) is 0 Å². The molecule has 0 saturated heterocycles. The van der Waals surface area contributed by atoms with Crippen LogP contribution >= 0.6 is 0 Å². The lowest BCUT2D eigenvalue weighted by atomic mass is 10.2. The third kappa shape index (κ3) is 2.50. The van der Waals surface area contributed by atoms with E-state index in [4.69, 9.17) is 10.5 Å². The molecular formula is C12H14N4O. The van der Waals surface area contributed by atoms with Crippen LogP contribution in [0.4, 0.5) is 5.82 Å². The van der Waals surface area contributed by atoms with Crippen molar-refractivity contribution in [3.05, 3.63) is 30.2 Å². The Labute approximate surface area is 99.7 Å². The second-order valence-electron chi connectivity index (χ2n) is 3.54. The monoisotopic (exact) mass is 230 g/mol. The maximum atomic E-state index is 5.61. The topological polar surface area (TPSA) is 73.9 Å². The Morgan fingerprint density at radius 1 is 1.24 bits per heavy atom. The Kier molecular flexibility index (Phi) is 3.18. The van der Waals surface area contributed by atoms with E-state index in [0.717, 1.165) is 17.1 Å². The maximum absolute atomic E-state index is 5.61. The molecule has 0 atom stereocenters. The molecule has 0 aliphatic carbocycles.